The Hall–Kier alpha value is -1.97. The van der Waals surface area contributed by atoms with Gasteiger partial charge >= 0.3 is 0 Å². The molecular formula is C18H26O4. The number of methoxy groups -OCH3 is 3. The highest BCUT2D eigenvalue weighted by molar-refractivity contribution is 5.97. The van der Waals surface area contributed by atoms with Gasteiger partial charge < -0.3 is 14.2 Å². The van der Waals surface area contributed by atoms with Crippen molar-refractivity contribution in [2.24, 2.45) is 0 Å². The topological polar surface area (TPSA) is 44.8 Å². The molecule has 0 fully saturated rings. The Morgan fingerprint density at radius 3 is 2.09 bits per heavy atom. The SMILES string of the molecule is CCCC/C=C/CCC(=O)c1cc(OC)c(OC)c(OC)c1. The Morgan fingerprint density at radius 2 is 1.59 bits per heavy atom. The molecule has 4 nitrogen and oxygen atoms in total. The molecule has 0 bridgehead atoms. The lowest BCUT2D eigenvalue weighted by Gasteiger charge is -2.13. The van der Waals surface area contributed by atoms with E-state index in [2.05, 4.69) is 19.1 Å². The van der Waals surface area contributed by atoms with Crippen LogP contribution in [-0.4, -0.2) is 27.1 Å². The maximum Gasteiger partial charge on any atom is 0.203 e. The highest BCUT2D eigenvalue weighted by Crippen LogP contribution is 2.38. The van der Waals surface area contributed by atoms with Crippen LogP contribution in [0.25, 0.3) is 0 Å². The van der Waals surface area contributed by atoms with E-state index in [1.165, 1.54) is 12.8 Å². The first kappa shape index (κ1) is 18.1. The summed E-state index contributed by atoms with van der Waals surface area (Å²) in [5, 5.41) is 0. The van der Waals surface area contributed by atoms with Gasteiger partial charge in [-0.25, -0.2) is 0 Å². The van der Waals surface area contributed by atoms with E-state index in [9.17, 15) is 4.79 Å². The summed E-state index contributed by atoms with van der Waals surface area (Å²) in [5.74, 6) is 1.58. The predicted octanol–water partition coefficient (Wildman–Crippen LogP) is 4.42. The number of carbonyl (C=O) groups excluding carboxylic acids is 1. The molecule has 0 aromatic heterocycles. The van der Waals surface area contributed by atoms with E-state index in [-0.39, 0.29) is 5.78 Å². The van der Waals surface area contributed by atoms with Gasteiger partial charge in [-0.05, 0) is 25.0 Å². The number of ether oxygens (including phenoxy) is 3. The predicted molar refractivity (Wildman–Crippen MR) is 88.3 cm³/mol. The first-order valence-electron chi connectivity index (χ1n) is 7.66. The second-order valence-electron chi connectivity index (χ2n) is 4.99. The monoisotopic (exact) mass is 306 g/mol. The average molecular weight is 306 g/mol. The summed E-state index contributed by atoms with van der Waals surface area (Å²) < 4.78 is 15.8. The molecule has 22 heavy (non-hydrogen) atoms. The van der Waals surface area contributed by atoms with Gasteiger partial charge in [0.25, 0.3) is 0 Å². The summed E-state index contributed by atoms with van der Waals surface area (Å²) >= 11 is 0. The molecule has 0 saturated carbocycles. The second-order valence-corrected chi connectivity index (χ2v) is 4.99. The molecule has 0 unspecified atom stereocenters. The molecule has 0 atom stereocenters. The summed E-state index contributed by atoms with van der Waals surface area (Å²) in [4.78, 5) is 12.3. The van der Waals surface area contributed by atoms with E-state index in [1.807, 2.05) is 0 Å². The van der Waals surface area contributed by atoms with Crippen LogP contribution in [0.3, 0.4) is 0 Å². The first-order valence-corrected chi connectivity index (χ1v) is 7.66. The van der Waals surface area contributed by atoms with Gasteiger partial charge in [-0.1, -0.05) is 31.9 Å². The lowest BCUT2D eigenvalue weighted by molar-refractivity contribution is 0.0983. The van der Waals surface area contributed by atoms with E-state index >= 15 is 0 Å². The number of Topliss-reactive ketones (excluding diaryl/α,β-unsaturated/α-hetero) is 1. The van der Waals surface area contributed by atoms with Crippen LogP contribution in [-0.2, 0) is 0 Å². The van der Waals surface area contributed by atoms with Crippen LogP contribution in [0.1, 0.15) is 49.4 Å². The fraction of sp³-hybridized carbons (Fsp3) is 0.500. The van der Waals surface area contributed by atoms with Crippen molar-refractivity contribution >= 4 is 5.78 Å². The Morgan fingerprint density at radius 1 is 1.00 bits per heavy atom. The second kappa shape index (κ2) is 9.87. The molecule has 0 amide bonds. The zero-order valence-corrected chi connectivity index (χ0v) is 14.0. The quantitative estimate of drug-likeness (QED) is 0.364. The van der Waals surface area contributed by atoms with Crippen LogP contribution in [0, 0.1) is 0 Å². The molecule has 0 N–H and O–H groups in total. The molecule has 0 aliphatic heterocycles. The summed E-state index contributed by atoms with van der Waals surface area (Å²) in [5.41, 5.74) is 0.580. The van der Waals surface area contributed by atoms with Crippen LogP contribution < -0.4 is 14.2 Å². The average Bonchev–Trinajstić information content (AvgIpc) is 2.56. The lowest BCUT2D eigenvalue weighted by Crippen LogP contribution is -2.02. The van der Waals surface area contributed by atoms with E-state index in [1.54, 1.807) is 33.5 Å². The number of allylic oxidation sites excluding steroid dienone is 2. The van der Waals surface area contributed by atoms with Gasteiger partial charge in [-0.15, -0.1) is 0 Å². The minimum absolute atomic E-state index is 0.0689. The lowest BCUT2D eigenvalue weighted by atomic mass is 10.0. The van der Waals surface area contributed by atoms with Crippen molar-refractivity contribution in [3.63, 3.8) is 0 Å². The summed E-state index contributed by atoms with van der Waals surface area (Å²) in [6.07, 6.45) is 8.90. The molecule has 1 rings (SSSR count). The highest BCUT2D eigenvalue weighted by Gasteiger charge is 2.16. The summed E-state index contributed by atoms with van der Waals surface area (Å²) in [6, 6.07) is 3.40. The molecule has 0 spiro atoms. The van der Waals surface area contributed by atoms with Crippen molar-refractivity contribution in [3.8, 4) is 17.2 Å². The maximum atomic E-state index is 12.3. The molecule has 0 heterocycles. The van der Waals surface area contributed by atoms with Crippen molar-refractivity contribution < 1.29 is 19.0 Å². The van der Waals surface area contributed by atoms with E-state index in [4.69, 9.17) is 14.2 Å². The van der Waals surface area contributed by atoms with Crippen LogP contribution in [0.5, 0.6) is 17.2 Å². The number of ketones is 1. The third kappa shape index (κ3) is 5.10. The van der Waals surface area contributed by atoms with Crippen LogP contribution in [0.2, 0.25) is 0 Å². The van der Waals surface area contributed by atoms with E-state index in [0.717, 1.165) is 12.8 Å². The molecule has 4 heteroatoms. The Bertz CT molecular complexity index is 481. The van der Waals surface area contributed by atoms with E-state index in [0.29, 0.717) is 29.2 Å². The highest BCUT2D eigenvalue weighted by atomic mass is 16.5. The zero-order chi connectivity index (χ0) is 16.4. The minimum Gasteiger partial charge on any atom is -0.493 e. The molecule has 0 aliphatic carbocycles. The number of benzene rings is 1. The van der Waals surface area contributed by atoms with Crippen molar-refractivity contribution in [3.05, 3.63) is 29.8 Å². The Kier molecular flexibility index (Phi) is 8.11. The van der Waals surface area contributed by atoms with Gasteiger partial charge in [-0.2, -0.15) is 0 Å². The van der Waals surface area contributed by atoms with Crippen LogP contribution >= 0.6 is 0 Å². The first-order chi connectivity index (χ1) is 10.7. The summed E-state index contributed by atoms with van der Waals surface area (Å²) in [7, 11) is 4.63. The standard InChI is InChI=1S/C18H26O4/c1-5-6-7-8-9-10-11-15(19)14-12-16(20-2)18(22-4)17(13-14)21-3/h8-9,12-13H,5-7,10-11H2,1-4H3/b9-8+. The Labute approximate surface area is 133 Å². The van der Waals surface area contributed by atoms with Crippen molar-refractivity contribution in [1.29, 1.82) is 0 Å². The van der Waals surface area contributed by atoms with E-state index < -0.39 is 0 Å². The van der Waals surface area contributed by atoms with Crippen molar-refractivity contribution in [1.82, 2.24) is 0 Å². The van der Waals surface area contributed by atoms with Crippen molar-refractivity contribution in [2.45, 2.75) is 39.0 Å². The molecular weight excluding hydrogens is 280 g/mol. The third-order valence-electron chi connectivity index (χ3n) is 3.42. The maximum absolute atomic E-state index is 12.3. The van der Waals surface area contributed by atoms with Gasteiger partial charge in [0, 0.05) is 12.0 Å². The Balaban J connectivity index is 2.75. The van der Waals surface area contributed by atoms with Gasteiger partial charge in [0.05, 0.1) is 21.3 Å². The van der Waals surface area contributed by atoms with Gasteiger partial charge in [0.2, 0.25) is 5.75 Å². The number of unbranched alkanes of at least 4 members (excludes halogenated alkanes) is 2. The number of hydrogen-bond acceptors (Lipinski definition) is 4. The molecule has 1 aromatic rings. The molecule has 0 radical (unpaired) electrons. The van der Waals surface area contributed by atoms with Gasteiger partial charge in [-0.3, -0.25) is 4.79 Å². The van der Waals surface area contributed by atoms with Crippen LogP contribution in [0.15, 0.2) is 24.3 Å². The third-order valence-corrected chi connectivity index (χ3v) is 3.42. The zero-order valence-electron chi connectivity index (χ0n) is 14.0. The van der Waals surface area contributed by atoms with Crippen molar-refractivity contribution in [2.75, 3.05) is 21.3 Å². The smallest absolute Gasteiger partial charge is 0.203 e. The fourth-order valence-corrected chi connectivity index (χ4v) is 2.16. The number of carbonyl (C=O) groups is 1. The number of rotatable bonds is 10. The van der Waals surface area contributed by atoms with Crippen LogP contribution in [0.4, 0.5) is 0 Å². The summed E-state index contributed by atoms with van der Waals surface area (Å²) in [6.45, 7) is 2.17. The van der Waals surface area contributed by atoms with Gasteiger partial charge in [0.15, 0.2) is 17.3 Å². The molecule has 0 saturated heterocycles. The molecule has 122 valence electrons. The molecule has 1 aromatic carbocycles. The molecule has 0 aliphatic rings. The number of hydrogen-bond donors (Lipinski definition) is 0. The minimum atomic E-state index is 0.0689. The fourth-order valence-electron chi connectivity index (χ4n) is 2.16. The largest absolute Gasteiger partial charge is 0.493 e. The van der Waals surface area contributed by atoms with Gasteiger partial charge in [0.1, 0.15) is 0 Å². The normalized spacial score (nSPS) is 10.7.